The van der Waals surface area contributed by atoms with Gasteiger partial charge < -0.3 is 5.32 Å². The van der Waals surface area contributed by atoms with Crippen molar-refractivity contribution in [2.24, 2.45) is 5.92 Å². The summed E-state index contributed by atoms with van der Waals surface area (Å²) in [6, 6.07) is 17.6. The Morgan fingerprint density at radius 2 is 1.68 bits per heavy atom. The van der Waals surface area contributed by atoms with Crippen LogP contribution >= 0.6 is 0 Å². The number of allylic oxidation sites excluding steroid dienone is 7. The van der Waals surface area contributed by atoms with E-state index in [1.807, 2.05) is 0 Å². The lowest BCUT2D eigenvalue weighted by atomic mass is 9.61. The van der Waals surface area contributed by atoms with E-state index < -0.39 is 0 Å². The maximum absolute atomic E-state index is 3.68. The van der Waals surface area contributed by atoms with Crippen LogP contribution in [0.4, 0.5) is 11.4 Å². The zero-order valence-electron chi connectivity index (χ0n) is 16.5. The summed E-state index contributed by atoms with van der Waals surface area (Å²) in [5, 5.41) is 3.68. The second kappa shape index (κ2) is 6.55. The molecule has 0 atom stereocenters. The van der Waals surface area contributed by atoms with Gasteiger partial charge in [-0.25, -0.2) is 0 Å². The highest BCUT2D eigenvalue weighted by atomic mass is 14.9. The summed E-state index contributed by atoms with van der Waals surface area (Å²) in [6.07, 6.45) is 13.3. The minimum atomic E-state index is -0.272. The molecule has 0 fully saturated rings. The largest absolute Gasteiger partial charge is 0.355 e. The first-order valence-electron chi connectivity index (χ1n) is 10.2. The molecule has 0 aromatic heterocycles. The SMILES string of the molecule is CC(C)CC1=C(C2(C3=CC=C=C3)c3ccccc3Nc3ccccc32)CC=C1. The number of rotatable bonds is 4. The third-order valence-electron chi connectivity index (χ3n) is 6.07. The van der Waals surface area contributed by atoms with Gasteiger partial charge in [0.05, 0.1) is 5.41 Å². The molecule has 138 valence electrons. The fourth-order valence-corrected chi connectivity index (χ4v) is 5.07. The molecule has 0 radical (unpaired) electrons. The maximum atomic E-state index is 3.68. The fraction of sp³-hybridized carbons (Fsp3) is 0.222. The highest BCUT2D eigenvalue weighted by Crippen LogP contribution is 2.57. The summed E-state index contributed by atoms with van der Waals surface area (Å²) in [4.78, 5) is 0. The van der Waals surface area contributed by atoms with E-state index in [-0.39, 0.29) is 5.41 Å². The van der Waals surface area contributed by atoms with E-state index in [2.05, 4.69) is 104 Å². The summed E-state index contributed by atoms with van der Waals surface area (Å²) in [6.45, 7) is 4.62. The predicted molar refractivity (Wildman–Crippen MR) is 118 cm³/mol. The van der Waals surface area contributed by atoms with E-state index in [0.29, 0.717) is 5.92 Å². The summed E-state index contributed by atoms with van der Waals surface area (Å²) >= 11 is 0. The van der Waals surface area contributed by atoms with Crippen molar-refractivity contribution in [3.8, 4) is 0 Å². The Morgan fingerprint density at radius 1 is 1.00 bits per heavy atom. The van der Waals surface area contributed by atoms with Crippen LogP contribution in [0, 0.1) is 5.92 Å². The van der Waals surface area contributed by atoms with Crippen molar-refractivity contribution in [3.05, 3.63) is 112 Å². The van der Waals surface area contributed by atoms with Crippen LogP contribution in [-0.2, 0) is 5.41 Å². The molecule has 0 saturated carbocycles. The number of hydrogen-bond donors (Lipinski definition) is 1. The Bertz CT molecular complexity index is 1060. The van der Waals surface area contributed by atoms with Gasteiger partial charge in [0.25, 0.3) is 0 Å². The molecule has 0 bridgehead atoms. The second-order valence-electron chi connectivity index (χ2n) is 8.27. The normalized spacial score (nSPS) is 18.3. The van der Waals surface area contributed by atoms with E-state index in [9.17, 15) is 0 Å². The highest BCUT2D eigenvalue weighted by Gasteiger charge is 2.47. The lowest BCUT2D eigenvalue weighted by molar-refractivity contribution is 0.629. The molecule has 2 aliphatic carbocycles. The molecule has 2 aromatic rings. The van der Waals surface area contributed by atoms with E-state index in [4.69, 9.17) is 0 Å². The Balaban J connectivity index is 1.88. The molecule has 3 aliphatic rings. The lowest BCUT2D eigenvalue weighted by Gasteiger charge is -2.44. The van der Waals surface area contributed by atoms with Crippen LogP contribution in [0.3, 0.4) is 0 Å². The van der Waals surface area contributed by atoms with Crippen LogP contribution in [0.1, 0.15) is 37.8 Å². The first kappa shape index (κ1) is 17.1. The summed E-state index contributed by atoms with van der Waals surface area (Å²) in [7, 11) is 0. The minimum absolute atomic E-state index is 0.272. The zero-order valence-corrected chi connectivity index (χ0v) is 16.5. The predicted octanol–water partition coefficient (Wildman–Crippen LogP) is 6.98. The van der Waals surface area contributed by atoms with E-state index in [1.54, 1.807) is 0 Å². The molecule has 28 heavy (non-hydrogen) atoms. The van der Waals surface area contributed by atoms with Crippen molar-refractivity contribution in [2.45, 2.75) is 32.1 Å². The van der Waals surface area contributed by atoms with Gasteiger partial charge in [-0.15, -0.1) is 5.73 Å². The average molecular weight is 364 g/mol. The quantitative estimate of drug-likeness (QED) is 0.578. The highest BCUT2D eigenvalue weighted by molar-refractivity contribution is 5.83. The van der Waals surface area contributed by atoms with Gasteiger partial charge in [-0.3, -0.25) is 0 Å². The lowest BCUT2D eigenvalue weighted by Crippen LogP contribution is -2.36. The smallest absolute Gasteiger partial charge is 0.0716 e. The molecule has 1 nitrogen and oxygen atoms in total. The molecule has 1 aliphatic heterocycles. The number of benzene rings is 2. The van der Waals surface area contributed by atoms with Crippen molar-refractivity contribution < 1.29 is 0 Å². The van der Waals surface area contributed by atoms with Crippen LogP contribution in [0.2, 0.25) is 0 Å². The molecule has 1 heteroatoms. The molecular formula is C27H25N. The number of para-hydroxylation sites is 2. The monoisotopic (exact) mass is 363 g/mol. The number of anilines is 2. The van der Waals surface area contributed by atoms with Crippen LogP contribution in [-0.4, -0.2) is 0 Å². The van der Waals surface area contributed by atoms with Crippen LogP contribution < -0.4 is 5.32 Å². The molecule has 0 amide bonds. The molecule has 0 spiro atoms. The number of fused-ring (bicyclic) bond motifs is 2. The second-order valence-corrected chi connectivity index (χ2v) is 8.27. The van der Waals surface area contributed by atoms with Crippen molar-refractivity contribution in [2.75, 3.05) is 5.32 Å². The summed E-state index contributed by atoms with van der Waals surface area (Å²) < 4.78 is 0. The summed E-state index contributed by atoms with van der Waals surface area (Å²) in [5.74, 6) is 0.628. The van der Waals surface area contributed by atoms with Crippen LogP contribution in [0.15, 0.2) is 101 Å². The van der Waals surface area contributed by atoms with Gasteiger partial charge in [-0.2, -0.15) is 0 Å². The van der Waals surface area contributed by atoms with Gasteiger partial charge in [0.1, 0.15) is 0 Å². The third-order valence-corrected chi connectivity index (χ3v) is 6.07. The molecular weight excluding hydrogens is 338 g/mol. The van der Waals surface area contributed by atoms with E-state index in [0.717, 1.165) is 12.8 Å². The number of hydrogen-bond acceptors (Lipinski definition) is 1. The van der Waals surface area contributed by atoms with Crippen molar-refractivity contribution in [1.82, 2.24) is 0 Å². The topological polar surface area (TPSA) is 12.0 Å². The Hall–Kier alpha value is -3.02. The number of nitrogens with one attached hydrogen (secondary N) is 1. The van der Waals surface area contributed by atoms with Gasteiger partial charge in [-0.05, 0) is 77.0 Å². The zero-order chi connectivity index (χ0) is 19.1. The fourth-order valence-electron chi connectivity index (χ4n) is 5.07. The standard InChI is InChI=1S/C27H25N/c1-19(2)18-20-10-9-15-22(20)27(21-11-3-4-12-21)23-13-5-7-16-25(23)28-26-17-8-6-14-24(26)27/h3,5-14,16-17,19,28H,15,18H2,1-2H3. The van der Waals surface area contributed by atoms with Crippen LogP contribution in [0.5, 0.6) is 0 Å². The van der Waals surface area contributed by atoms with Gasteiger partial charge in [-0.1, -0.05) is 62.4 Å². The molecule has 5 rings (SSSR count). The molecule has 0 unspecified atom stereocenters. The van der Waals surface area contributed by atoms with Gasteiger partial charge in [0.2, 0.25) is 0 Å². The minimum Gasteiger partial charge on any atom is -0.355 e. The van der Waals surface area contributed by atoms with E-state index in [1.165, 1.54) is 39.2 Å². The van der Waals surface area contributed by atoms with Crippen molar-refractivity contribution in [3.63, 3.8) is 0 Å². The average Bonchev–Trinajstić information content (AvgIpc) is 3.38. The Kier molecular flexibility index (Phi) is 4.00. The molecule has 2 aromatic carbocycles. The van der Waals surface area contributed by atoms with Crippen molar-refractivity contribution in [1.29, 1.82) is 0 Å². The van der Waals surface area contributed by atoms with Crippen molar-refractivity contribution >= 4 is 11.4 Å². The maximum Gasteiger partial charge on any atom is 0.0716 e. The van der Waals surface area contributed by atoms with Crippen LogP contribution in [0.25, 0.3) is 0 Å². The molecule has 0 saturated heterocycles. The third kappa shape index (κ3) is 2.40. The van der Waals surface area contributed by atoms with Gasteiger partial charge in [0, 0.05) is 11.4 Å². The van der Waals surface area contributed by atoms with Gasteiger partial charge in [0.15, 0.2) is 0 Å². The Labute approximate surface area is 167 Å². The van der Waals surface area contributed by atoms with E-state index >= 15 is 0 Å². The Morgan fingerprint density at radius 3 is 2.29 bits per heavy atom. The first-order chi connectivity index (χ1) is 13.7. The molecule has 1 N–H and O–H groups in total. The first-order valence-corrected chi connectivity index (χ1v) is 10.2. The van der Waals surface area contributed by atoms with Gasteiger partial charge >= 0.3 is 0 Å². The summed E-state index contributed by atoms with van der Waals surface area (Å²) in [5.41, 5.74) is 12.5. The molecule has 1 heterocycles.